The molecular formula is C11H16BN3O4S2. The van der Waals surface area contributed by atoms with Crippen LogP contribution in [0.2, 0.25) is 0 Å². The topological polar surface area (TPSA) is 88.6 Å². The third-order valence-corrected chi connectivity index (χ3v) is 4.95. The lowest BCUT2D eigenvalue weighted by Crippen LogP contribution is -2.38. The van der Waals surface area contributed by atoms with E-state index in [0.717, 1.165) is 31.1 Å². The molecule has 0 unspecified atom stereocenters. The fourth-order valence-electron chi connectivity index (χ4n) is 2.17. The molecule has 1 aliphatic rings. The molecule has 0 bridgehead atoms. The van der Waals surface area contributed by atoms with Crippen LogP contribution in [0.3, 0.4) is 0 Å². The zero-order valence-corrected chi connectivity index (χ0v) is 13.2. The van der Waals surface area contributed by atoms with Crippen molar-refractivity contribution in [2.75, 3.05) is 31.6 Å². The summed E-state index contributed by atoms with van der Waals surface area (Å²) in [6.45, 7) is 1.90. The summed E-state index contributed by atoms with van der Waals surface area (Å²) < 4.78 is 28.7. The van der Waals surface area contributed by atoms with Gasteiger partial charge in [0.1, 0.15) is 14.8 Å². The smallest absolute Gasteiger partial charge is 0.349 e. The molecule has 1 saturated heterocycles. The number of nitrogens with one attached hydrogen (secondary N) is 1. The van der Waals surface area contributed by atoms with Crippen LogP contribution in [0.15, 0.2) is 6.20 Å². The van der Waals surface area contributed by atoms with Crippen LogP contribution >= 0.6 is 11.3 Å². The number of carbonyl (C=O) groups excluding carboxylic acids is 1. The quantitative estimate of drug-likeness (QED) is 0.611. The number of piperidine rings is 1. The number of hydrogen-bond donors (Lipinski definition) is 1. The lowest BCUT2D eigenvalue weighted by Gasteiger charge is -2.31. The van der Waals surface area contributed by atoms with Crippen molar-refractivity contribution in [2.45, 2.75) is 12.8 Å². The summed E-state index contributed by atoms with van der Waals surface area (Å²) in [5.41, 5.74) is 0. The number of anilines is 1. The molecule has 0 saturated carbocycles. The minimum Gasteiger partial charge on any atom is -0.465 e. The van der Waals surface area contributed by atoms with Gasteiger partial charge in [-0.2, -0.15) is 0 Å². The fraction of sp³-hybridized carbons (Fsp3) is 0.636. The number of nitrogens with zero attached hydrogens (tertiary/aromatic N) is 2. The molecule has 2 radical (unpaired) electrons. The average molecular weight is 329 g/mol. The van der Waals surface area contributed by atoms with Gasteiger partial charge in [0.25, 0.3) is 7.12 Å². The molecule has 0 atom stereocenters. The SMILES string of the molecule is [B]S(=O)(=O)NCC1CCN(c2ncc(C(=O)OC)s2)CC1. The number of esters is 1. The average Bonchev–Trinajstić information content (AvgIpc) is 2.94. The van der Waals surface area contributed by atoms with Gasteiger partial charge in [-0.05, 0) is 18.8 Å². The van der Waals surface area contributed by atoms with E-state index in [2.05, 4.69) is 19.3 Å². The Hall–Kier alpha value is -1.13. The van der Waals surface area contributed by atoms with Gasteiger partial charge < -0.3 is 9.64 Å². The second-order valence-corrected chi connectivity index (χ2v) is 7.21. The minimum absolute atomic E-state index is 0.264. The molecule has 2 rings (SSSR count). The molecular weight excluding hydrogens is 313 g/mol. The van der Waals surface area contributed by atoms with E-state index in [1.807, 2.05) is 0 Å². The normalized spacial score (nSPS) is 16.9. The molecule has 7 nitrogen and oxygen atoms in total. The number of ether oxygens (including phenoxy) is 1. The molecule has 0 amide bonds. The molecule has 10 heteroatoms. The maximum Gasteiger partial charge on any atom is 0.349 e. The van der Waals surface area contributed by atoms with Crippen molar-refractivity contribution in [1.82, 2.24) is 9.71 Å². The van der Waals surface area contributed by atoms with Crippen molar-refractivity contribution in [2.24, 2.45) is 5.92 Å². The molecule has 1 fully saturated rings. The van der Waals surface area contributed by atoms with Crippen molar-refractivity contribution in [3.8, 4) is 0 Å². The molecule has 0 aliphatic carbocycles. The molecule has 1 N–H and O–H groups in total. The number of carbonyl (C=O) groups is 1. The largest absolute Gasteiger partial charge is 0.465 e. The minimum atomic E-state index is -3.62. The Bertz CT molecular complexity index is 596. The van der Waals surface area contributed by atoms with Crippen LogP contribution in [0.5, 0.6) is 0 Å². The summed E-state index contributed by atoms with van der Waals surface area (Å²) in [6.07, 6.45) is 3.20. The molecule has 1 aliphatic heterocycles. The van der Waals surface area contributed by atoms with E-state index in [0.29, 0.717) is 11.4 Å². The zero-order chi connectivity index (χ0) is 15.5. The lowest BCUT2D eigenvalue weighted by molar-refractivity contribution is 0.0606. The van der Waals surface area contributed by atoms with Gasteiger partial charge in [0.15, 0.2) is 5.13 Å². The second kappa shape index (κ2) is 6.76. The highest BCUT2D eigenvalue weighted by Gasteiger charge is 2.23. The van der Waals surface area contributed by atoms with Gasteiger partial charge in [-0.1, -0.05) is 11.3 Å². The Morgan fingerprint density at radius 1 is 1.57 bits per heavy atom. The maximum atomic E-state index is 11.4. The molecule has 0 spiro atoms. The van der Waals surface area contributed by atoms with Crippen molar-refractivity contribution < 1.29 is 17.9 Å². The van der Waals surface area contributed by atoms with Crippen molar-refractivity contribution in [3.05, 3.63) is 11.1 Å². The Labute approximate surface area is 129 Å². The Morgan fingerprint density at radius 3 is 2.81 bits per heavy atom. The van der Waals surface area contributed by atoms with E-state index in [1.165, 1.54) is 24.6 Å². The highest BCUT2D eigenvalue weighted by atomic mass is 32.2. The van der Waals surface area contributed by atoms with E-state index in [4.69, 9.17) is 7.12 Å². The fourth-order valence-corrected chi connectivity index (χ4v) is 3.52. The molecule has 1 aromatic heterocycles. The zero-order valence-electron chi connectivity index (χ0n) is 11.6. The Balaban J connectivity index is 1.86. The first-order chi connectivity index (χ1) is 9.89. The van der Waals surface area contributed by atoms with Gasteiger partial charge in [-0.3, -0.25) is 0 Å². The van der Waals surface area contributed by atoms with Crippen LogP contribution in [0, 0.1) is 5.92 Å². The maximum absolute atomic E-state index is 11.4. The molecule has 21 heavy (non-hydrogen) atoms. The van der Waals surface area contributed by atoms with E-state index >= 15 is 0 Å². The lowest BCUT2D eigenvalue weighted by atomic mass is 9.97. The van der Waals surface area contributed by atoms with Crippen LogP contribution < -0.4 is 9.62 Å². The van der Waals surface area contributed by atoms with E-state index in [-0.39, 0.29) is 11.9 Å². The van der Waals surface area contributed by atoms with E-state index < -0.39 is 9.87 Å². The first kappa shape index (κ1) is 16.2. The summed E-state index contributed by atoms with van der Waals surface area (Å²) in [6, 6.07) is 0. The summed E-state index contributed by atoms with van der Waals surface area (Å²) in [4.78, 5) is 18.2. The predicted molar refractivity (Wildman–Crippen MR) is 81.1 cm³/mol. The van der Waals surface area contributed by atoms with Crippen LogP contribution in [0.4, 0.5) is 5.13 Å². The van der Waals surface area contributed by atoms with Crippen LogP contribution in [0.1, 0.15) is 22.5 Å². The van der Waals surface area contributed by atoms with Crippen molar-refractivity contribution >= 4 is 39.4 Å². The van der Waals surface area contributed by atoms with Gasteiger partial charge in [0.2, 0.25) is 0 Å². The highest BCUT2D eigenvalue weighted by Crippen LogP contribution is 2.27. The van der Waals surface area contributed by atoms with Gasteiger partial charge in [-0.15, -0.1) is 0 Å². The number of hydrogen-bond acceptors (Lipinski definition) is 7. The highest BCUT2D eigenvalue weighted by molar-refractivity contribution is 8.10. The van der Waals surface area contributed by atoms with Crippen LogP contribution in [0.25, 0.3) is 0 Å². The van der Waals surface area contributed by atoms with Crippen LogP contribution in [-0.4, -0.2) is 53.2 Å². The standard InChI is InChI=1S/C11H16BN3O4S2/c1-19-10(16)9-7-13-11(20-9)15-4-2-8(3-5-15)6-14-21(12,17)18/h7-8,14H,2-6H2,1H3. The second-order valence-electron chi connectivity index (χ2n) is 4.82. The molecule has 1 aromatic rings. The Morgan fingerprint density at radius 2 is 2.24 bits per heavy atom. The predicted octanol–water partition coefficient (Wildman–Crippen LogP) is 0.149. The first-order valence-electron chi connectivity index (χ1n) is 6.45. The number of rotatable bonds is 5. The summed E-state index contributed by atoms with van der Waals surface area (Å²) in [5, 5.41) is 0.785. The van der Waals surface area contributed by atoms with Crippen molar-refractivity contribution in [3.63, 3.8) is 0 Å². The molecule has 2 heterocycles. The number of methoxy groups -OCH3 is 1. The summed E-state index contributed by atoms with van der Waals surface area (Å²) in [7, 11) is 2.63. The van der Waals surface area contributed by atoms with E-state index in [1.54, 1.807) is 0 Å². The molecule has 0 aromatic carbocycles. The van der Waals surface area contributed by atoms with E-state index in [9.17, 15) is 13.2 Å². The van der Waals surface area contributed by atoms with Crippen molar-refractivity contribution in [1.29, 1.82) is 0 Å². The first-order valence-corrected chi connectivity index (χ1v) is 8.82. The Kier molecular flexibility index (Phi) is 5.23. The third-order valence-electron chi connectivity index (χ3n) is 3.34. The number of thiazole rings is 1. The van der Waals surface area contributed by atoms with Gasteiger partial charge in [-0.25, -0.2) is 22.9 Å². The molecule has 114 valence electrons. The van der Waals surface area contributed by atoms with Gasteiger partial charge in [0, 0.05) is 19.6 Å². The summed E-state index contributed by atoms with van der Waals surface area (Å²) >= 11 is 1.30. The number of aromatic nitrogens is 1. The van der Waals surface area contributed by atoms with Gasteiger partial charge >= 0.3 is 5.97 Å². The van der Waals surface area contributed by atoms with Gasteiger partial charge in [0.05, 0.1) is 13.3 Å². The summed E-state index contributed by atoms with van der Waals surface area (Å²) in [5.74, 6) is -0.120. The third kappa shape index (κ3) is 4.68. The van der Waals surface area contributed by atoms with Crippen LogP contribution in [-0.2, 0) is 14.6 Å². The monoisotopic (exact) mass is 329 g/mol.